The Morgan fingerprint density at radius 2 is 1.93 bits per heavy atom. The number of fused-ring (bicyclic) bond motifs is 1. The summed E-state index contributed by atoms with van der Waals surface area (Å²) in [4.78, 5) is 2.31. The molecule has 2 fully saturated rings. The molecule has 2 aromatic carbocycles. The summed E-state index contributed by atoms with van der Waals surface area (Å²) in [5, 5.41) is 11.5. The Balaban J connectivity index is 1.76. The second-order valence-corrected chi connectivity index (χ2v) is 8.32. The molecule has 1 heterocycles. The molecule has 0 spiro atoms. The minimum atomic E-state index is -0.667. The summed E-state index contributed by atoms with van der Waals surface area (Å²) >= 11 is 0. The maximum atomic E-state index is 14.4. The van der Waals surface area contributed by atoms with E-state index >= 15 is 0 Å². The Bertz CT molecular complexity index is 858. The number of piperidine rings is 1. The standard InChI is InChI=1S/C24H30FNO3/c1-28-18-10-11-19(22(15-18)29-2)23-20-8-5-6-12-24(20,27)13-14-26(23)16-17-7-3-4-9-21(17)25/h3-4,7,9-11,15,20,23,27H,5-6,8,12-14,16H2,1-2H3/t20-,23+,24-/m0/s1. The van der Waals surface area contributed by atoms with Gasteiger partial charge in [-0.1, -0.05) is 37.1 Å². The van der Waals surface area contributed by atoms with Crippen LogP contribution in [0.3, 0.4) is 0 Å². The van der Waals surface area contributed by atoms with Gasteiger partial charge in [-0.15, -0.1) is 0 Å². The zero-order valence-corrected chi connectivity index (χ0v) is 17.2. The fourth-order valence-corrected chi connectivity index (χ4v) is 5.24. The van der Waals surface area contributed by atoms with Gasteiger partial charge in [0.2, 0.25) is 0 Å². The van der Waals surface area contributed by atoms with Crippen LogP contribution < -0.4 is 9.47 Å². The van der Waals surface area contributed by atoms with E-state index in [0.717, 1.165) is 55.7 Å². The summed E-state index contributed by atoms with van der Waals surface area (Å²) in [5.74, 6) is 1.40. The highest BCUT2D eigenvalue weighted by molar-refractivity contribution is 5.43. The molecule has 0 radical (unpaired) electrons. The molecule has 0 unspecified atom stereocenters. The maximum Gasteiger partial charge on any atom is 0.127 e. The van der Waals surface area contributed by atoms with Crippen LogP contribution in [0.5, 0.6) is 11.5 Å². The predicted molar refractivity (Wildman–Crippen MR) is 111 cm³/mol. The van der Waals surface area contributed by atoms with Crippen molar-refractivity contribution in [3.63, 3.8) is 0 Å². The first-order valence-electron chi connectivity index (χ1n) is 10.5. The van der Waals surface area contributed by atoms with Crippen molar-refractivity contribution in [2.24, 2.45) is 5.92 Å². The SMILES string of the molecule is COc1ccc([C@@H]2[C@@H]3CCCC[C@]3(O)CCN2Cc2ccccc2F)c(OC)c1. The summed E-state index contributed by atoms with van der Waals surface area (Å²) in [6.45, 7) is 1.24. The van der Waals surface area contributed by atoms with Crippen molar-refractivity contribution < 1.29 is 19.0 Å². The number of ether oxygens (including phenoxy) is 2. The molecule has 5 heteroatoms. The minimum absolute atomic E-state index is 0.0329. The van der Waals surface area contributed by atoms with E-state index in [2.05, 4.69) is 4.90 Å². The number of hydrogen-bond acceptors (Lipinski definition) is 4. The highest BCUT2D eigenvalue weighted by atomic mass is 19.1. The lowest BCUT2D eigenvalue weighted by atomic mass is 9.66. The van der Waals surface area contributed by atoms with Crippen molar-refractivity contribution >= 4 is 0 Å². The first-order valence-corrected chi connectivity index (χ1v) is 10.5. The molecule has 1 aliphatic heterocycles. The smallest absolute Gasteiger partial charge is 0.127 e. The second-order valence-electron chi connectivity index (χ2n) is 8.32. The van der Waals surface area contributed by atoms with Gasteiger partial charge in [0.15, 0.2) is 0 Å². The number of hydrogen-bond donors (Lipinski definition) is 1. The molecule has 2 aromatic rings. The van der Waals surface area contributed by atoms with E-state index < -0.39 is 5.60 Å². The van der Waals surface area contributed by atoms with Gasteiger partial charge < -0.3 is 14.6 Å². The zero-order valence-electron chi connectivity index (χ0n) is 17.2. The van der Waals surface area contributed by atoms with Crippen LogP contribution in [0.25, 0.3) is 0 Å². The van der Waals surface area contributed by atoms with Crippen LogP contribution in [-0.4, -0.2) is 36.4 Å². The maximum absolute atomic E-state index is 14.4. The van der Waals surface area contributed by atoms with Gasteiger partial charge in [-0.2, -0.15) is 0 Å². The van der Waals surface area contributed by atoms with Crippen molar-refractivity contribution in [1.82, 2.24) is 4.90 Å². The zero-order chi connectivity index (χ0) is 20.4. The number of benzene rings is 2. The summed E-state index contributed by atoms with van der Waals surface area (Å²) in [6.07, 6.45) is 4.69. The van der Waals surface area contributed by atoms with Crippen LogP contribution >= 0.6 is 0 Å². The third kappa shape index (κ3) is 3.86. The van der Waals surface area contributed by atoms with Crippen LogP contribution in [0.4, 0.5) is 4.39 Å². The molecule has 29 heavy (non-hydrogen) atoms. The third-order valence-corrected chi connectivity index (χ3v) is 6.76. The Morgan fingerprint density at radius 3 is 2.69 bits per heavy atom. The monoisotopic (exact) mass is 399 g/mol. The third-order valence-electron chi connectivity index (χ3n) is 6.76. The van der Waals surface area contributed by atoms with Gasteiger partial charge >= 0.3 is 0 Å². The van der Waals surface area contributed by atoms with Crippen molar-refractivity contribution in [3.05, 3.63) is 59.4 Å². The van der Waals surface area contributed by atoms with Gasteiger partial charge in [-0.05, 0) is 31.4 Å². The number of halogens is 1. The average Bonchev–Trinajstić information content (AvgIpc) is 2.75. The first kappa shape index (κ1) is 20.2. The fourth-order valence-electron chi connectivity index (χ4n) is 5.24. The molecule has 0 aromatic heterocycles. The highest BCUT2D eigenvalue weighted by Gasteiger charge is 2.49. The summed E-state index contributed by atoms with van der Waals surface area (Å²) in [7, 11) is 3.30. The number of nitrogens with zero attached hydrogens (tertiary/aromatic N) is 1. The van der Waals surface area contributed by atoms with E-state index in [-0.39, 0.29) is 17.8 Å². The molecular formula is C24H30FNO3. The van der Waals surface area contributed by atoms with Crippen LogP contribution in [0.2, 0.25) is 0 Å². The highest BCUT2D eigenvalue weighted by Crippen LogP contribution is 2.51. The molecule has 1 saturated carbocycles. The molecule has 3 atom stereocenters. The van der Waals surface area contributed by atoms with Crippen molar-refractivity contribution in [2.45, 2.75) is 50.3 Å². The van der Waals surface area contributed by atoms with E-state index in [1.54, 1.807) is 20.3 Å². The van der Waals surface area contributed by atoms with Crippen LogP contribution in [0.15, 0.2) is 42.5 Å². The van der Waals surface area contributed by atoms with Gasteiger partial charge in [-0.25, -0.2) is 4.39 Å². The largest absolute Gasteiger partial charge is 0.497 e. The van der Waals surface area contributed by atoms with E-state index in [1.807, 2.05) is 30.3 Å². The lowest BCUT2D eigenvalue weighted by Gasteiger charge is -2.53. The Morgan fingerprint density at radius 1 is 1.10 bits per heavy atom. The lowest BCUT2D eigenvalue weighted by Crippen LogP contribution is -2.54. The predicted octanol–water partition coefficient (Wildman–Crippen LogP) is 4.71. The van der Waals surface area contributed by atoms with Gasteiger partial charge in [0.1, 0.15) is 17.3 Å². The molecule has 1 N–H and O–H groups in total. The minimum Gasteiger partial charge on any atom is -0.497 e. The Kier molecular flexibility index (Phi) is 5.79. The van der Waals surface area contributed by atoms with Crippen LogP contribution in [0, 0.1) is 11.7 Å². The first-order chi connectivity index (χ1) is 14.1. The number of rotatable bonds is 5. The molecule has 156 valence electrons. The molecular weight excluding hydrogens is 369 g/mol. The number of aliphatic hydroxyl groups is 1. The Labute approximate surface area is 172 Å². The molecule has 0 amide bonds. The summed E-state index contributed by atoms with van der Waals surface area (Å²) in [5.41, 5.74) is 1.06. The van der Waals surface area contributed by atoms with Gasteiger partial charge in [-0.3, -0.25) is 4.90 Å². The molecule has 4 nitrogen and oxygen atoms in total. The van der Waals surface area contributed by atoms with Crippen LogP contribution in [0.1, 0.15) is 49.3 Å². The van der Waals surface area contributed by atoms with Crippen molar-refractivity contribution in [3.8, 4) is 11.5 Å². The van der Waals surface area contributed by atoms with E-state index in [1.165, 1.54) is 6.07 Å². The topological polar surface area (TPSA) is 41.9 Å². The average molecular weight is 400 g/mol. The fraction of sp³-hybridized carbons (Fsp3) is 0.500. The van der Waals surface area contributed by atoms with E-state index in [4.69, 9.17) is 9.47 Å². The molecule has 4 rings (SSSR count). The second kappa shape index (κ2) is 8.33. The van der Waals surface area contributed by atoms with E-state index in [0.29, 0.717) is 12.1 Å². The van der Waals surface area contributed by atoms with Crippen molar-refractivity contribution in [2.75, 3.05) is 20.8 Å². The number of likely N-dealkylation sites (tertiary alicyclic amines) is 1. The van der Waals surface area contributed by atoms with Crippen LogP contribution in [-0.2, 0) is 6.54 Å². The molecule has 2 aliphatic rings. The number of methoxy groups -OCH3 is 2. The Hall–Kier alpha value is -2.11. The molecule has 1 saturated heterocycles. The van der Waals surface area contributed by atoms with Crippen molar-refractivity contribution in [1.29, 1.82) is 0 Å². The normalized spacial score (nSPS) is 27.3. The van der Waals surface area contributed by atoms with Gasteiger partial charge in [0.05, 0.1) is 19.8 Å². The van der Waals surface area contributed by atoms with E-state index in [9.17, 15) is 9.50 Å². The van der Waals surface area contributed by atoms with Gasteiger partial charge in [0, 0.05) is 42.2 Å². The molecule has 0 bridgehead atoms. The molecule has 1 aliphatic carbocycles. The summed E-state index contributed by atoms with van der Waals surface area (Å²) < 4.78 is 25.5. The quantitative estimate of drug-likeness (QED) is 0.791. The lowest BCUT2D eigenvalue weighted by molar-refractivity contribution is -0.126. The summed E-state index contributed by atoms with van der Waals surface area (Å²) in [6, 6.07) is 12.8. The van der Waals surface area contributed by atoms with Gasteiger partial charge in [0.25, 0.3) is 0 Å².